The Morgan fingerprint density at radius 3 is 2.43 bits per heavy atom. The van der Waals surface area contributed by atoms with Gasteiger partial charge in [-0.25, -0.2) is 0 Å². The molecule has 0 fully saturated rings. The van der Waals surface area contributed by atoms with Crippen LogP contribution in [0.1, 0.15) is 50.2 Å². The molecule has 0 N–H and O–H groups in total. The maximum atomic E-state index is 12.6. The third-order valence-corrected chi connectivity index (χ3v) is 4.32. The first kappa shape index (κ1) is 14.1. The third kappa shape index (κ3) is 2.65. The van der Waals surface area contributed by atoms with E-state index in [0.29, 0.717) is 18.6 Å². The highest BCUT2D eigenvalue weighted by Gasteiger charge is 2.41. The first-order valence-electron chi connectivity index (χ1n) is 7.39. The summed E-state index contributed by atoms with van der Waals surface area (Å²) < 4.78 is 5.39. The van der Waals surface area contributed by atoms with Crippen molar-refractivity contribution in [1.82, 2.24) is 0 Å². The van der Waals surface area contributed by atoms with Gasteiger partial charge in [-0.15, -0.1) is 0 Å². The summed E-state index contributed by atoms with van der Waals surface area (Å²) >= 11 is 0. The number of allylic oxidation sites excluding steroid dienone is 2. The van der Waals surface area contributed by atoms with Crippen LogP contribution in [0.4, 0.5) is 0 Å². The second-order valence-electron chi connectivity index (χ2n) is 6.92. The van der Waals surface area contributed by atoms with E-state index in [2.05, 4.69) is 0 Å². The molecule has 0 bridgehead atoms. The van der Waals surface area contributed by atoms with Gasteiger partial charge in [-0.1, -0.05) is 43.7 Å². The number of Topliss-reactive ketones (excluding diaryl/α,β-unsaturated/α-hetero) is 1. The zero-order chi connectivity index (χ0) is 15.2. The zero-order valence-electron chi connectivity index (χ0n) is 12.7. The minimum atomic E-state index is -0.232. The van der Waals surface area contributed by atoms with Crippen LogP contribution in [0, 0.1) is 12.3 Å². The van der Waals surface area contributed by atoms with Crippen LogP contribution in [0.25, 0.3) is 0 Å². The Bertz CT molecular complexity index is 635. The molecule has 1 aliphatic carbocycles. The van der Waals surface area contributed by atoms with Gasteiger partial charge in [0.05, 0.1) is 6.42 Å². The van der Waals surface area contributed by atoms with Crippen molar-refractivity contribution < 1.29 is 14.3 Å². The first-order valence-corrected chi connectivity index (χ1v) is 7.39. The van der Waals surface area contributed by atoms with E-state index in [9.17, 15) is 9.59 Å². The van der Waals surface area contributed by atoms with Gasteiger partial charge in [0.2, 0.25) is 0 Å². The molecule has 0 saturated heterocycles. The predicted octanol–water partition coefficient (Wildman–Crippen LogP) is 3.67. The Balaban J connectivity index is 2.06. The number of carbonyl (C=O) groups excluding carboxylic acids is 2. The molecule has 1 atom stereocenters. The largest absolute Gasteiger partial charge is 0.431 e. The van der Waals surface area contributed by atoms with Gasteiger partial charge in [0.25, 0.3) is 0 Å². The summed E-state index contributed by atoms with van der Waals surface area (Å²) in [6, 6.07) is 8.06. The summed E-state index contributed by atoms with van der Waals surface area (Å²) in [6.45, 7) is 6.11. The molecule has 0 spiro atoms. The molecule has 0 saturated carbocycles. The highest BCUT2D eigenvalue weighted by atomic mass is 16.5. The van der Waals surface area contributed by atoms with Crippen LogP contribution in [-0.4, -0.2) is 11.8 Å². The molecule has 0 aromatic heterocycles. The number of carbonyl (C=O) groups is 2. The number of aryl methyl sites for hydroxylation is 1. The lowest BCUT2D eigenvalue weighted by molar-refractivity contribution is -0.142. The molecule has 0 unspecified atom stereocenters. The van der Waals surface area contributed by atoms with Crippen molar-refractivity contribution in [2.24, 2.45) is 5.41 Å². The number of hydrogen-bond donors (Lipinski definition) is 0. The lowest BCUT2D eigenvalue weighted by Crippen LogP contribution is -2.33. The number of hydrogen-bond acceptors (Lipinski definition) is 3. The van der Waals surface area contributed by atoms with Gasteiger partial charge in [-0.2, -0.15) is 0 Å². The summed E-state index contributed by atoms with van der Waals surface area (Å²) in [6.07, 6.45) is 1.43. The molecule has 1 heterocycles. The van der Waals surface area contributed by atoms with E-state index in [-0.39, 0.29) is 29.5 Å². The van der Waals surface area contributed by atoms with Crippen LogP contribution < -0.4 is 0 Å². The summed E-state index contributed by atoms with van der Waals surface area (Å²) in [4.78, 5) is 24.5. The van der Waals surface area contributed by atoms with E-state index in [1.54, 1.807) is 0 Å². The maximum absolute atomic E-state index is 12.6. The monoisotopic (exact) mass is 284 g/mol. The fraction of sp³-hybridized carbons (Fsp3) is 0.444. The smallest absolute Gasteiger partial charge is 0.311 e. The van der Waals surface area contributed by atoms with E-state index >= 15 is 0 Å². The normalized spacial score (nSPS) is 24.6. The number of esters is 1. The van der Waals surface area contributed by atoms with Crippen molar-refractivity contribution >= 4 is 11.8 Å². The van der Waals surface area contributed by atoms with Gasteiger partial charge in [0.1, 0.15) is 5.76 Å². The molecule has 1 aromatic rings. The Labute approximate surface area is 125 Å². The van der Waals surface area contributed by atoms with Crippen LogP contribution in [0.2, 0.25) is 0 Å². The molecule has 1 aliphatic heterocycles. The SMILES string of the molecule is Cc1ccc([C@@H]2CC(=O)OC3=C2C(=O)CC(C)(C)C3)cc1. The van der Waals surface area contributed by atoms with Crippen LogP contribution in [0.3, 0.4) is 0 Å². The Hall–Kier alpha value is -1.90. The Morgan fingerprint density at radius 2 is 1.76 bits per heavy atom. The average molecular weight is 284 g/mol. The van der Waals surface area contributed by atoms with Crippen molar-refractivity contribution in [2.75, 3.05) is 0 Å². The second-order valence-corrected chi connectivity index (χ2v) is 6.92. The van der Waals surface area contributed by atoms with Crippen molar-refractivity contribution in [3.63, 3.8) is 0 Å². The molecular weight excluding hydrogens is 264 g/mol. The van der Waals surface area contributed by atoms with Gasteiger partial charge >= 0.3 is 5.97 Å². The molecular formula is C18H20O3. The molecule has 2 aliphatic rings. The van der Waals surface area contributed by atoms with E-state index in [1.807, 2.05) is 45.0 Å². The van der Waals surface area contributed by atoms with Crippen molar-refractivity contribution in [1.29, 1.82) is 0 Å². The summed E-state index contributed by atoms with van der Waals surface area (Å²) in [5, 5.41) is 0. The minimum Gasteiger partial charge on any atom is -0.431 e. The standard InChI is InChI=1S/C18H20O3/c1-11-4-6-12(7-5-11)13-8-16(20)21-15-10-18(2,3)9-14(19)17(13)15/h4-7,13H,8-10H2,1-3H3/t13-/m0/s1. The van der Waals surface area contributed by atoms with Gasteiger partial charge in [-0.3, -0.25) is 9.59 Å². The molecule has 3 heteroatoms. The second kappa shape index (κ2) is 4.83. The number of rotatable bonds is 1. The number of ether oxygens (including phenoxy) is 1. The van der Waals surface area contributed by atoms with Crippen LogP contribution in [0.15, 0.2) is 35.6 Å². The summed E-state index contributed by atoms with van der Waals surface area (Å²) in [7, 11) is 0. The fourth-order valence-electron chi connectivity index (χ4n) is 3.29. The lowest BCUT2D eigenvalue weighted by atomic mass is 9.71. The van der Waals surface area contributed by atoms with Gasteiger partial charge in [0.15, 0.2) is 5.78 Å². The highest BCUT2D eigenvalue weighted by Crippen LogP contribution is 2.45. The molecule has 110 valence electrons. The van der Waals surface area contributed by atoms with Gasteiger partial charge in [0, 0.05) is 24.3 Å². The van der Waals surface area contributed by atoms with Crippen molar-refractivity contribution in [3.8, 4) is 0 Å². The van der Waals surface area contributed by atoms with E-state index in [1.165, 1.54) is 5.56 Å². The van der Waals surface area contributed by atoms with E-state index in [4.69, 9.17) is 4.74 Å². The zero-order valence-corrected chi connectivity index (χ0v) is 12.7. The van der Waals surface area contributed by atoms with Crippen LogP contribution in [-0.2, 0) is 14.3 Å². The van der Waals surface area contributed by atoms with E-state index in [0.717, 1.165) is 11.1 Å². The quantitative estimate of drug-likeness (QED) is 0.739. The summed E-state index contributed by atoms with van der Waals surface area (Å²) in [5.41, 5.74) is 2.78. The number of benzene rings is 1. The van der Waals surface area contributed by atoms with Crippen molar-refractivity contribution in [2.45, 2.75) is 46.0 Å². The molecule has 0 radical (unpaired) electrons. The number of ketones is 1. The van der Waals surface area contributed by atoms with Crippen molar-refractivity contribution in [3.05, 3.63) is 46.7 Å². The third-order valence-electron chi connectivity index (χ3n) is 4.32. The predicted molar refractivity (Wildman–Crippen MR) is 79.7 cm³/mol. The first-order chi connectivity index (χ1) is 9.85. The average Bonchev–Trinajstić information content (AvgIpc) is 2.36. The fourth-order valence-corrected chi connectivity index (χ4v) is 3.29. The molecule has 3 rings (SSSR count). The van der Waals surface area contributed by atoms with Crippen LogP contribution >= 0.6 is 0 Å². The van der Waals surface area contributed by atoms with Crippen LogP contribution in [0.5, 0.6) is 0 Å². The lowest BCUT2D eigenvalue weighted by Gasteiger charge is -2.36. The van der Waals surface area contributed by atoms with Gasteiger partial charge in [-0.05, 0) is 17.9 Å². The molecule has 0 amide bonds. The van der Waals surface area contributed by atoms with E-state index < -0.39 is 0 Å². The minimum absolute atomic E-state index is 0.124. The molecule has 21 heavy (non-hydrogen) atoms. The van der Waals surface area contributed by atoms with Gasteiger partial charge < -0.3 is 4.74 Å². The topological polar surface area (TPSA) is 43.4 Å². The molecule has 1 aromatic carbocycles. The maximum Gasteiger partial charge on any atom is 0.311 e. The summed E-state index contributed by atoms with van der Waals surface area (Å²) in [5.74, 6) is 0.340. The molecule has 3 nitrogen and oxygen atoms in total. The Kier molecular flexibility index (Phi) is 3.23. The highest BCUT2D eigenvalue weighted by molar-refractivity contribution is 6.00. The Morgan fingerprint density at radius 1 is 1.10 bits per heavy atom.